The monoisotopic (exact) mass is 433 g/mol. The maximum atomic E-state index is 14.0. The lowest BCUT2D eigenvalue weighted by Gasteiger charge is -2.15. The highest BCUT2D eigenvalue weighted by molar-refractivity contribution is 9.10. The Labute approximate surface area is 159 Å². The molecular weight excluding hydrogens is 412 g/mol. The summed E-state index contributed by atoms with van der Waals surface area (Å²) in [7, 11) is 0. The number of carbonyl (C=O) groups excluding carboxylic acids is 1. The molecule has 8 heteroatoms. The Morgan fingerprint density at radius 2 is 2.00 bits per heavy atom. The van der Waals surface area contributed by atoms with Crippen molar-refractivity contribution in [2.75, 3.05) is 19.8 Å². The molecule has 0 radical (unpaired) electrons. The smallest absolute Gasteiger partial charge is 0.343 e. The molecule has 0 aliphatic rings. The summed E-state index contributed by atoms with van der Waals surface area (Å²) < 4.78 is 32.2. The van der Waals surface area contributed by atoms with Gasteiger partial charge < -0.3 is 14.9 Å². The zero-order valence-electron chi connectivity index (χ0n) is 14.8. The summed E-state index contributed by atoms with van der Waals surface area (Å²) in [5, 5.41) is 19.7. The summed E-state index contributed by atoms with van der Waals surface area (Å²) in [5.74, 6) is -3.45. The summed E-state index contributed by atoms with van der Waals surface area (Å²) >= 11 is 2.91. The van der Waals surface area contributed by atoms with E-state index in [4.69, 9.17) is 4.74 Å². The molecule has 0 unspecified atom stereocenters. The van der Waals surface area contributed by atoms with Crippen LogP contribution in [0.1, 0.15) is 26.3 Å². The molecule has 0 amide bonds. The molecule has 1 aromatic carbocycles. The minimum Gasteiger partial charge on any atom is -0.506 e. The van der Waals surface area contributed by atoms with Crippen molar-refractivity contribution in [3.05, 3.63) is 39.4 Å². The Morgan fingerprint density at radius 1 is 1.35 bits per heavy atom. The molecule has 1 aromatic rings. The average molecular weight is 434 g/mol. The summed E-state index contributed by atoms with van der Waals surface area (Å²) in [6.07, 6.45) is 1.08. The number of aliphatic hydroxyl groups is 2. The average Bonchev–Trinajstić information content (AvgIpc) is 2.57. The topological polar surface area (TPSA) is 79.1 Å². The van der Waals surface area contributed by atoms with Gasteiger partial charge in [-0.25, -0.2) is 13.6 Å². The van der Waals surface area contributed by atoms with Crippen molar-refractivity contribution in [2.24, 2.45) is 16.8 Å². The second-order valence-electron chi connectivity index (χ2n) is 5.91. The Hall–Kier alpha value is -1.80. The lowest BCUT2D eigenvalue weighted by molar-refractivity contribution is -0.137. The zero-order chi connectivity index (χ0) is 19.9. The van der Waals surface area contributed by atoms with Gasteiger partial charge in [-0.15, -0.1) is 0 Å². The SMILES string of the molecule is CCOC(=O)C(C=NC[C@@H](CO)C(C)C)=C(O)c1cc(Br)c(F)cc1F. The Morgan fingerprint density at radius 3 is 2.54 bits per heavy atom. The van der Waals surface area contributed by atoms with Crippen LogP contribution in [0.5, 0.6) is 0 Å². The van der Waals surface area contributed by atoms with Gasteiger partial charge in [0.15, 0.2) is 0 Å². The van der Waals surface area contributed by atoms with Crippen LogP contribution < -0.4 is 0 Å². The number of carbonyl (C=O) groups is 1. The molecule has 26 heavy (non-hydrogen) atoms. The number of aliphatic imine (C=N–C) groups is 1. The van der Waals surface area contributed by atoms with Crippen molar-refractivity contribution < 1.29 is 28.5 Å². The third-order valence-corrected chi connectivity index (χ3v) is 4.36. The largest absolute Gasteiger partial charge is 0.506 e. The number of rotatable bonds is 8. The highest BCUT2D eigenvalue weighted by Gasteiger charge is 2.20. The van der Waals surface area contributed by atoms with Crippen molar-refractivity contribution in [1.29, 1.82) is 0 Å². The number of esters is 1. The molecule has 144 valence electrons. The molecule has 1 atom stereocenters. The van der Waals surface area contributed by atoms with E-state index >= 15 is 0 Å². The minimum atomic E-state index is -1.03. The number of halogens is 3. The number of hydrogen-bond acceptors (Lipinski definition) is 5. The van der Waals surface area contributed by atoms with Crippen molar-refractivity contribution in [3.8, 4) is 0 Å². The quantitative estimate of drug-likeness (QED) is 0.214. The summed E-state index contributed by atoms with van der Waals surface area (Å²) in [4.78, 5) is 16.2. The van der Waals surface area contributed by atoms with E-state index in [1.165, 1.54) is 0 Å². The summed E-state index contributed by atoms with van der Waals surface area (Å²) in [5.41, 5.74) is -0.722. The van der Waals surface area contributed by atoms with Gasteiger partial charge in [-0.1, -0.05) is 13.8 Å². The molecule has 0 aromatic heterocycles. The summed E-state index contributed by atoms with van der Waals surface area (Å²) in [6.45, 7) is 5.59. The van der Waals surface area contributed by atoms with Crippen molar-refractivity contribution in [2.45, 2.75) is 20.8 Å². The predicted octanol–water partition coefficient (Wildman–Crippen LogP) is 3.89. The van der Waals surface area contributed by atoms with Crippen LogP contribution in [0.3, 0.4) is 0 Å². The van der Waals surface area contributed by atoms with E-state index in [0.29, 0.717) is 6.07 Å². The maximum absolute atomic E-state index is 14.0. The maximum Gasteiger partial charge on any atom is 0.343 e. The van der Waals surface area contributed by atoms with Crippen LogP contribution in [0.2, 0.25) is 0 Å². The molecule has 1 rings (SSSR count). The number of ether oxygens (including phenoxy) is 1. The molecule has 0 saturated carbocycles. The van der Waals surface area contributed by atoms with Gasteiger partial charge in [-0.05, 0) is 34.8 Å². The normalized spacial score (nSPS) is 13.8. The number of aliphatic hydroxyl groups excluding tert-OH is 2. The van der Waals surface area contributed by atoms with Crippen LogP contribution in [0.25, 0.3) is 5.76 Å². The first-order valence-electron chi connectivity index (χ1n) is 8.08. The Bertz CT molecular complexity index is 705. The van der Waals surface area contributed by atoms with Crippen LogP contribution in [0, 0.1) is 23.5 Å². The highest BCUT2D eigenvalue weighted by Crippen LogP contribution is 2.26. The van der Waals surface area contributed by atoms with E-state index in [9.17, 15) is 23.8 Å². The second-order valence-corrected chi connectivity index (χ2v) is 6.76. The minimum absolute atomic E-state index is 0.0459. The van der Waals surface area contributed by atoms with E-state index in [-0.39, 0.29) is 47.2 Å². The summed E-state index contributed by atoms with van der Waals surface area (Å²) in [6, 6.07) is 1.62. The van der Waals surface area contributed by atoms with Gasteiger partial charge in [-0.3, -0.25) is 4.99 Å². The third kappa shape index (κ3) is 5.88. The van der Waals surface area contributed by atoms with E-state index in [1.807, 2.05) is 13.8 Å². The first-order valence-corrected chi connectivity index (χ1v) is 8.88. The standard InChI is InChI=1S/C18H22BrF2NO4/c1-4-26-18(25)13(8-22-7-11(9-23)10(2)3)17(24)12-5-14(19)16(21)6-15(12)20/h5-6,8,10-11,23-24H,4,7,9H2,1-3H3/t11-/m0/s1. The van der Waals surface area contributed by atoms with Gasteiger partial charge in [0.05, 0.1) is 16.6 Å². The van der Waals surface area contributed by atoms with Gasteiger partial charge in [0.1, 0.15) is 23.0 Å². The van der Waals surface area contributed by atoms with Crippen LogP contribution >= 0.6 is 15.9 Å². The van der Waals surface area contributed by atoms with E-state index in [0.717, 1.165) is 12.3 Å². The molecule has 0 bridgehead atoms. The van der Waals surface area contributed by atoms with Gasteiger partial charge in [0.2, 0.25) is 0 Å². The molecule has 0 fully saturated rings. The number of hydrogen-bond donors (Lipinski definition) is 2. The van der Waals surface area contributed by atoms with Gasteiger partial charge in [-0.2, -0.15) is 0 Å². The number of benzene rings is 1. The first kappa shape index (κ1) is 22.2. The molecule has 0 aliphatic carbocycles. The van der Waals surface area contributed by atoms with Crippen LogP contribution in [0.15, 0.2) is 27.2 Å². The molecule has 0 heterocycles. The fourth-order valence-corrected chi connectivity index (χ4v) is 2.37. The van der Waals surface area contributed by atoms with Crippen LogP contribution in [-0.4, -0.2) is 42.2 Å². The van der Waals surface area contributed by atoms with E-state index in [2.05, 4.69) is 20.9 Å². The predicted molar refractivity (Wildman–Crippen MR) is 99.0 cm³/mol. The van der Waals surface area contributed by atoms with Gasteiger partial charge in [0.25, 0.3) is 0 Å². The lowest BCUT2D eigenvalue weighted by Crippen LogP contribution is -2.17. The zero-order valence-corrected chi connectivity index (χ0v) is 16.4. The van der Waals surface area contributed by atoms with Crippen LogP contribution in [-0.2, 0) is 9.53 Å². The van der Waals surface area contributed by atoms with Crippen molar-refractivity contribution in [1.82, 2.24) is 0 Å². The van der Waals surface area contributed by atoms with E-state index in [1.54, 1.807) is 6.92 Å². The molecule has 0 aliphatic heterocycles. The number of nitrogens with zero attached hydrogens (tertiary/aromatic N) is 1. The molecule has 0 spiro atoms. The molecule has 5 nitrogen and oxygen atoms in total. The second kappa shape index (κ2) is 10.4. The van der Waals surface area contributed by atoms with Gasteiger partial charge in [0, 0.05) is 31.4 Å². The highest BCUT2D eigenvalue weighted by atomic mass is 79.9. The van der Waals surface area contributed by atoms with Crippen molar-refractivity contribution in [3.63, 3.8) is 0 Å². The fourth-order valence-electron chi connectivity index (χ4n) is 2.03. The molecular formula is C18H22BrF2NO4. The molecule has 0 saturated heterocycles. The Kier molecular flexibility index (Phi) is 8.87. The molecule has 2 N–H and O–H groups in total. The van der Waals surface area contributed by atoms with E-state index < -0.39 is 23.4 Å². The Balaban J connectivity index is 3.30. The van der Waals surface area contributed by atoms with Crippen molar-refractivity contribution >= 4 is 33.9 Å². The third-order valence-electron chi connectivity index (χ3n) is 3.75. The first-order chi connectivity index (χ1) is 12.2. The lowest BCUT2D eigenvalue weighted by atomic mass is 9.97. The fraction of sp³-hybridized carbons (Fsp3) is 0.444. The van der Waals surface area contributed by atoms with Crippen LogP contribution in [0.4, 0.5) is 8.78 Å². The van der Waals surface area contributed by atoms with Gasteiger partial charge >= 0.3 is 5.97 Å².